The molecule has 0 aromatic carbocycles. The molecule has 0 saturated heterocycles. The summed E-state index contributed by atoms with van der Waals surface area (Å²) in [5, 5.41) is 0. The molecule has 0 fully saturated rings. The fraction of sp³-hybridized carbons (Fsp3) is 0.500. The molecule has 0 amide bonds. The Morgan fingerprint density at radius 3 is 2.36 bits per heavy atom. The zero-order valence-corrected chi connectivity index (χ0v) is 7.35. The summed E-state index contributed by atoms with van der Waals surface area (Å²) in [6.07, 6.45) is 6.24. The van der Waals surface area contributed by atoms with Crippen LogP contribution >= 0.6 is 0 Å². The van der Waals surface area contributed by atoms with Gasteiger partial charge in [0.2, 0.25) is 0 Å². The van der Waals surface area contributed by atoms with Crippen LogP contribution < -0.4 is 0 Å². The average molecular weight is 150 g/mol. The van der Waals surface area contributed by atoms with E-state index in [0.29, 0.717) is 0 Å². The average Bonchev–Trinajstić information content (AvgIpc) is 1.86. The van der Waals surface area contributed by atoms with Crippen molar-refractivity contribution in [3.8, 4) is 0 Å². The van der Waals surface area contributed by atoms with E-state index in [0.717, 1.165) is 6.42 Å². The number of ketones is 1. The highest BCUT2D eigenvalue weighted by molar-refractivity contribution is 6.00. The fourth-order valence-corrected chi connectivity index (χ4v) is 1.10. The lowest BCUT2D eigenvalue weighted by Gasteiger charge is -2.23. The first kappa shape index (κ1) is 8.25. The number of carbonyl (C=O) groups excluding carboxylic acids is 1. The molecule has 1 nitrogen and oxygen atoms in total. The lowest BCUT2D eigenvalue weighted by Crippen LogP contribution is -2.12. The van der Waals surface area contributed by atoms with Crippen LogP contribution in [0.4, 0.5) is 0 Å². The first-order chi connectivity index (χ1) is 5.00. The smallest absolute Gasteiger partial charge is 0.178 e. The van der Waals surface area contributed by atoms with Crippen molar-refractivity contribution in [1.82, 2.24) is 0 Å². The molecule has 1 aliphatic rings. The largest absolute Gasteiger partial charge is 0.290 e. The van der Waals surface area contributed by atoms with E-state index < -0.39 is 0 Å². The minimum atomic E-state index is 0.126. The van der Waals surface area contributed by atoms with Gasteiger partial charge in [0.15, 0.2) is 5.78 Å². The van der Waals surface area contributed by atoms with Gasteiger partial charge in [-0.15, -0.1) is 0 Å². The fourth-order valence-electron chi connectivity index (χ4n) is 1.10. The third-order valence-corrected chi connectivity index (χ3v) is 1.90. The maximum absolute atomic E-state index is 11.0. The van der Waals surface area contributed by atoms with Crippen molar-refractivity contribution < 1.29 is 4.79 Å². The van der Waals surface area contributed by atoms with Crippen LogP contribution in [0.1, 0.15) is 27.2 Å². The third kappa shape index (κ3) is 2.04. The summed E-state index contributed by atoms with van der Waals surface area (Å²) in [4.78, 5) is 11.0. The molecule has 0 atom stereocenters. The summed E-state index contributed by atoms with van der Waals surface area (Å²) in [6.45, 7) is 6.39. The Balaban J connectivity index is 2.83. The summed E-state index contributed by atoms with van der Waals surface area (Å²) >= 11 is 0. The zero-order chi connectivity index (χ0) is 8.48. The predicted molar refractivity (Wildman–Crippen MR) is 46.3 cm³/mol. The number of rotatable bonds is 0. The summed E-state index contributed by atoms with van der Waals surface area (Å²) in [7, 11) is 0. The second-order valence-corrected chi connectivity index (χ2v) is 3.93. The molecule has 0 spiro atoms. The molecule has 0 radical (unpaired) electrons. The molecular weight excluding hydrogens is 136 g/mol. The van der Waals surface area contributed by atoms with Gasteiger partial charge in [0.1, 0.15) is 0 Å². The Hall–Kier alpha value is -0.850. The predicted octanol–water partition coefficient (Wildman–Crippen LogP) is 2.49. The van der Waals surface area contributed by atoms with Crippen molar-refractivity contribution >= 4 is 5.78 Å². The number of allylic oxidation sites excluding steroid dienone is 4. The molecule has 0 bridgehead atoms. The van der Waals surface area contributed by atoms with Gasteiger partial charge >= 0.3 is 0 Å². The van der Waals surface area contributed by atoms with Gasteiger partial charge in [-0.2, -0.15) is 0 Å². The molecule has 1 aliphatic carbocycles. The highest BCUT2D eigenvalue weighted by Crippen LogP contribution is 2.29. The first-order valence-corrected chi connectivity index (χ1v) is 3.92. The van der Waals surface area contributed by atoms with Crippen molar-refractivity contribution in [2.45, 2.75) is 27.2 Å². The second-order valence-electron chi connectivity index (χ2n) is 3.93. The zero-order valence-electron chi connectivity index (χ0n) is 7.35. The monoisotopic (exact) mass is 150 g/mol. The summed E-state index contributed by atoms with van der Waals surface area (Å²) in [6, 6.07) is 0. The van der Waals surface area contributed by atoms with E-state index in [1.165, 1.54) is 5.57 Å². The maximum atomic E-state index is 11.0. The van der Waals surface area contributed by atoms with E-state index >= 15 is 0 Å². The molecule has 1 rings (SSSR count). The maximum Gasteiger partial charge on any atom is 0.178 e. The third-order valence-electron chi connectivity index (χ3n) is 1.90. The van der Waals surface area contributed by atoms with Crippen LogP contribution in [0.5, 0.6) is 0 Å². The Morgan fingerprint density at radius 1 is 1.36 bits per heavy atom. The van der Waals surface area contributed by atoms with Crippen LogP contribution in [-0.4, -0.2) is 5.78 Å². The Kier molecular flexibility index (Phi) is 1.99. The van der Waals surface area contributed by atoms with Crippen LogP contribution in [0.2, 0.25) is 0 Å². The van der Waals surface area contributed by atoms with Crippen molar-refractivity contribution in [1.29, 1.82) is 0 Å². The highest BCUT2D eigenvalue weighted by atomic mass is 16.1. The SMILES string of the molecule is CC(C)(C)C1=CC(=O)C=CC1. The van der Waals surface area contributed by atoms with E-state index in [9.17, 15) is 4.79 Å². The van der Waals surface area contributed by atoms with Crippen molar-refractivity contribution in [2.24, 2.45) is 5.41 Å². The van der Waals surface area contributed by atoms with Gasteiger partial charge < -0.3 is 0 Å². The minimum Gasteiger partial charge on any atom is -0.290 e. The summed E-state index contributed by atoms with van der Waals surface area (Å²) in [5.41, 5.74) is 1.37. The van der Waals surface area contributed by atoms with Gasteiger partial charge in [-0.3, -0.25) is 4.79 Å². The lowest BCUT2D eigenvalue weighted by atomic mass is 9.82. The Bertz CT molecular complexity index is 226. The van der Waals surface area contributed by atoms with Crippen LogP contribution in [0, 0.1) is 5.41 Å². The van der Waals surface area contributed by atoms with E-state index in [4.69, 9.17) is 0 Å². The normalized spacial score (nSPS) is 18.5. The van der Waals surface area contributed by atoms with Crippen molar-refractivity contribution in [2.75, 3.05) is 0 Å². The molecule has 11 heavy (non-hydrogen) atoms. The van der Waals surface area contributed by atoms with Gasteiger partial charge in [-0.1, -0.05) is 32.4 Å². The lowest BCUT2D eigenvalue weighted by molar-refractivity contribution is -0.110. The minimum absolute atomic E-state index is 0.126. The highest BCUT2D eigenvalue weighted by Gasteiger charge is 2.18. The van der Waals surface area contributed by atoms with Gasteiger partial charge in [-0.05, 0) is 24.0 Å². The quantitative estimate of drug-likeness (QED) is 0.518. The van der Waals surface area contributed by atoms with Gasteiger partial charge in [0.05, 0.1) is 0 Å². The molecule has 60 valence electrons. The van der Waals surface area contributed by atoms with E-state index in [-0.39, 0.29) is 11.2 Å². The van der Waals surface area contributed by atoms with Gasteiger partial charge in [0, 0.05) is 0 Å². The van der Waals surface area contributed by atoms with E-state index in [2.05, 4.69) is 20.8 Å². The van der Waals surface area contributed by atoms with Crippen molar-refractivity contribution in [3.05, 3.63) is 23.8 Å². The summed E-state index contributed by atoms with van der Waals surface area (Å²) in [5.74, 6) is 0.126. The molecule has 0 heterocycles. The molecule has 1 heteroatoms. The Morgan fingerprint density at radius 2 is 2.00 bits per heavy atom. The Labute approximate surface area is 67.8 Å². The first-order valence-electron chi connectivity index (χ1n) is 3.92. The number of hydrogen-bond donors (Lipinski definition) is 0. The summed E-state index contributed by atoms with van der Waals surface area (Å²) < 4.78 is 0. The molecular formula is C10H14O. The van der Waals surface area contributed by atoms with Gasteiger partial charge in [0.25, 0.3) is 0 Å². The molecule has 0 aromatic heterocycles. The molecule has 0 aromatic rings. The second kappa shape index (κ2) is 2.65. The molecule has 0 saturated carbocycles. The van der Waals surface area contributed by atoms with Crippen LogP contribution in [0.25, 0.3) is 0 Å². The van der Waals surface area contributed by atoms with Crippen LogP contribution in [-0.2, 0) is 4.79 Å². The molecule has 0 unspecified atom stereocenters. The van der Waals surface area contributed by atoms with Crippen LogP contribution in [0.3, 0.4) is 0 Å². The standard InChI is InChI=1S/C10H14O/c1-10(2,3)8-5-4-6-9(11)7-8/h4,6-7H,5H2,1-3H3. The topological polar surface area (TPSA) is 17.1 Å². The number of hydrogen-bond acceptors (Lipinski definition) is 1. The van der Waals surface area contributed by atoms with Gasteiger partial charge in [-0.25, -0.2) is 0 Å². The van der Waals surface area contributed by atoms with Crippen molar-refractivity contribution in [3.63, 3.8) is 0 Å². The molecule has 0 aliphatic heterocycles. The van der Waals surface area contributed by atoms with E-state index in [1.54, 1.807) is 12.2 Å². The van der Waals surface area contributed by atoms with E-state index in [1.807, 2.05) is 6.08 Å². The number of carbonyl (C=O) groups is 1. The molecule has 0 N–H and O–H groups in total. The van der Waals surface area contributed by atoms with Crippen LogP contribution in [0.15, 0.2) is 23.8 Å².